The molecule has 1 aliphatic rings. The first-order valence-electron chi connectivity index (χ1n) is 9.63. The highest BCUT2D eigenvalue weighted by atomic mass is 127. The number of halogens is 1. The number of nitrogens with one attached hydrogen (secondary N) is 2. The minimum absolute atomic E-state index is 0. The average Bonchev–Trinajstić information content (AvgIpc) is 3.09. The van der Waals surface area contributed by atoms with E-state index >= 15 is 0 Å². The van der Waals surface area contributed by atoms with Crippen LogP contribution in [0.1, 0.15) is 43.3 Å². The maximum atomic E-state index is 4.76. The largest absolute Gasteiger partial charge is 0.363 e. The topological polar surface area (TPSA) is 70.4 Å². The third-order valence-corrected chi connectivity index (χ3v) is 4.88. The number of hydrogen-bond donors (Lipinski definition) is 2. The molecule has 1 unspecified atom stereocenters. The lowest BCUT2D eigenvalue weighted by molar-refractivity contribution is 0.499. The highest BCUT2D eigenvalue weighted by Crippen LogP contribution is 2.21. The summed E-state index contributed by atoms with van der Waals surface area (Å²) in [5.74, 6) is 1.77. The molecule has 0 fully saturated rings. The van der Waals surface area contributed by atoms with Gasteiger partial charge in [0.1, 0.15) is 5.82 Å². The van der Waals surface area contributed by atoms with Crippen LogP contribution in [0.25, 0.3) is 0 Å². The molecule has 0 amide bonds. The van der Waals surface area contributed by atoms with Gasteiger partial charge < -0.3 is 15.5 Å². The number of pyridine rings is 1. The SMILES string of the molecule is CN=C(NCc1cccc(N(C)C)n1)NC1CCc2cn(C(C)C)nc2C1.I. The molecule has 3 rings (SSSR count). The molecule has 2 heterocycles. The zero-order valence-corrected chi connectivity index (χ0v) is 19.8. The third-order valence-electron chi connectivity index (χ3n) is 4.88. The van der Waals surface area contributed by atoms with E-state index in [1.54, 1.807) is 7.05 Å². The quantitative estimate of drug-likeness (QED) is 0.378. The highest BCUT2D eigenvalue weighted by molar-refractivity contribution is 14.0. The summed E-state index contributed by atoms with van der Waals surface area (Å²) in [5, 5.41) is 11.7. The summed E-state index contributed by atoms with van der Waals surface area (Å²) in [7, 11) is 5.80. The number of nitrogens with zero attached hydrogens (tertiary/aromatic N) is 5. The monoisotopic (exact) mass is 497 g/mol. The normalized spacial score (nSPS) is 16.4. The van der Waals surface area contributed by atoms with Crippen molar-refractivity contribution in [1.82, 2.24) is 25.4 Å². The van der Waals surface area contributed by atoms with Crippen molar-refractivity contribution in [2.24, 2.45) is 4.99 Å². The van der Waals surface area contributed by atoms with Crippen LogP contribution in [0.3, 0.4) is 0 Å². The Balaban J connectivity index is 0.00000280. The molecule has 8 heteroatoms. The Morgan fingerprint density at radius 1 is 1.36 bits per heavy atom. The summed E-state index contributed by atoms with van der Waals surface area (Å²) in [6.45, 7) is 4.97. The number of guanidine groups is 1. The molecule has 0 aliphatic heterocycles. The molecule has 2 aromatic rings. The highest BCUT2D eigenvalue weighted by Gasteiger charge is 2.23. The van der Waals surface area contributed by atoms with Crippen molar-refractivity contribution in [3.05, 3.63) is 41.3 Å². The van der Waals surface area contributed by atoms with Gasteiger partial charge in [0, 0.05) is 45.8 Å². The van der Waals surface area contributed by atoms with Gasteiger partial charge in [-0.25, -0.2) is 4.98 Å². The minimum Gasteiger partial charge on any atom is -0.363 e. The van der Waals surface area contributed by atoms with Gasteiger partial charge in [-0.3, -0.25) is 9.67 Å². The number of hydrogen-bond acceptors (Lipinski definition) is 4. The van der Waals surface area contributed by atoms with E-state index in [1.165, 1.54) is 11.3 Å². The first kappa shape index (κ1) is 22.4. The van der Waals surface area contributed by atoms with Gasteiger partial charge >= 0.3 is 0 Å². The average molecular weight is 497 g/mol. The van der Waals surface area contributed by atoms with Gasteiger partial charge in [-0.05, 0) is 44.4 Å². The molecule has 0 saturated heterocycles. The number of aryl methyl sites for hydroxylation is 1. The molecule has 7 nitrogen and oxygen atoms in total. The van der Waals surface area contributed by atoms with Crippen LogP contribution < -0.4 is 15.5 Å². The summed E-state index contributed by atoms with van der Waals surface area (Å²) in [6, 6.07) is 6.82. The lowest BCUT2D eigenvalue weighted by Gasteiger charge is -2.24. The van der Waals surface area contributed by atoms with Gasteiger partial charge in [-0.15, -0.1) is 24.0 Å². The molecule has 2 N–H and O–H groups in total. The van der Waals surface area contributed by atoms with Gasteiger partial charge in [-0.1, -0.05) is 6.07 Å². The summed E-state index contributed by atoms with van der Waals surface area (Å²) in [6.07, 6.45) is 5.28. The molecule has 28 heavy (non-hydrogen) atoms. The maximum Gasteiger partial charge on any atom is 0.191 e. The van der Waals surface area contributed by atoms with Crippen LogP contribution in [0.2, 0.25) is 0 Å². The van der Waals surface area contributed by atoms with Gasteiger partial charge in [0.15, 0.2) is 5.96 Å². The van der Waals surface area contributed by atoms with Crippen LogP contribution in [0, 0.1) is 0 Å². The van der Waals surface area contributed by atoms with Crippen molar-refractivity contribution < 1.29 is 0 Å². The fourth-order valence-corrected chi connectivity index (χ4v) is 3.28. The van der Waals surface area contributed by atoms with Crippen LogP contribution in [0.4, 0.5) is 5.82 Å². The number of anilines is 1. The molecule has 0 aromatic carbocycles. The van der Waals surface area contributed by atoms with Crippen LogP contribution in [0.5, 0.6) is 0 Å². The summed E-state index contributed by atoms with van der Waals surface area (Å²) < 4.78 is 2.07. The predicted octanol–water partition coefficient (Wildman–Crippen LogP) is 2.77. The van der Waals surface area contributed by atoms with Gasteiger partial charge in [0.25, 0.3) is 0 Å². The van der Waals surface area contributed by atoms with E-state index in [4.69, 9.17) is 5.10 Å². The second-order valence-corrected chi connectivity index (χ2v) is 7.57. The van der Waals surface area contributed by atoms with Crippen LogP contribution in [-0.2, 0) is 19.4 Å². The Hall–Kier alpha value is -1.84. The van der Waals surface area contributed by atoms with Crippen LogP contribution >= 0.6 is 24.0 Å². The van der Waals surface area contributed by atoms with Crippen molar-refractivity contribution in [3.8, 4) is 0 Å². The van der Waals surface area contributed by atoms with Crippen molar-refractivity contribution in [1.29, 1.82) is 0 Å². The smallest absolute Gasteiger partial charge is 0.191 e. The first-order valence-corrected chi connectivity index (χ1v) is 9.63. The predicted molar refractivity (Wildman–Crippen MR) is 126 cm³/mol. The molecule has 0 radical (unpaired) electrons. The standard InChI is InChI=1S/C20H31N7.HI/c1-14(2)27-13-15-9-10-16(11-18(15)25-27)24-20(21-3)22-12-17-7-6-8-19(23-17)26(4)5;/h6-8,13-14,16H,9-12H2,1-5H3,(H2,21,22,24);1H. The van der Waals surface area contributed by atoms with Crippen LogP contribution in [0.15, 0.2) is 29.4 Å². The molecule has 1 atom stereocenters. The number of aliphatic imine (C=N–C) groups is 1. The Bertz CT molecular complexity index is 798. The molecule has 0 bridgehead atoms. The fraction of sp³-hybridized carbons (Fsp3) is 0.550. The zero-order chi connectivity index (χ0) is 19.4. The van der Waals surface area contributed by atoms with Gasteiger partial charge in [0.05, 0.1) is 17.9 Å². The van der Waals surface area contributed by atoms with Crippen molar-refractivity contribution in [3.63, 3.8) is 0 Å². The summed E-state index contributed by atoms with van der Waals surface area (Å²) >= 11 is 0. The Morgan fingerprint density at radius 2 is 2.14 bits per heavy atom. The molecule has 0 saturated carbocycles. The van der Waals surface area contributed by atoms with E-state index in [2.05, 4.69) is 45.3 Å². The molecule has 0 spiro atoms. The molecular weight excluding hydrogens is 465 g/mol. The van der Waals surface area contributed by atoms with E-state index in [9.17, 15) is 0 Å². The zero-order valence-electron chi connectivity index (χ0n) is 17.4. The van der Waals surface area contributed by atoms with E-state index in [-0.39, 0.29) is 24.0 Å². The molecular formula is C20H32IN7. The van der Waals surface area contributed by atoms with Crippen molar-refractivity contribution in [2.45, 2.75) is 51.7 Å². The summed E-state index contributed by atoms with van der Waals surface area (Å²) in [4.78, 5) is 11.0. The lowest BCUT2D eigenvalue weighted by Crippen LogP contribution is -2.45. The van der Waals surface area contributed by atoms with Gasteiger partial charge in [-0.2, -0.15) is 5.10 Å². The fourth-order valence-electron chi connectivity index (χ4n) is 3.28. The number of fused-ring (bicyclic) bond motifs is 1. The third kappa shape index (κ3) is 5.59. The Morgan fingerprint density at radius 3 is 2.82 bits per heavy atom. The first-order chi connectivity index (χ1) is 13.0. The van der Waals surface area contributed by atoms with Crippen molar-refractivity contribution >= 4 is 35.8 Å². The van der Waals surface area contributed by atoms with Crippen LogP contribution in [-0.4, -0.2) is 47.9 Å². The number of rotatable bonds is 5. The molecule has 2 aromatic heterocycles. The maximum absolute atomic E-state index is 4.76. The van der Waals surface area contributed by atoms with E-state index < -0.39 is 0 Å². The summed E-state index contributed by atoms with van der Waals surface area (Å²) in [5.41, 5.74) is 3.59. The second kappa shape index (κ2) is 10.1. The van der Waals surface area contributed by atoms with Crippen molar-refractivity contribution in [2.75, 3.05) is 26.0 Å². The lowest BCUT2D eigenvalue weighted by atomic mass is 9.94. The van der Waals surface area contributed by atoms with E-state index in [0.29, 0.717) is 18.6 Å². The Labute approximate surface area is 185 Å². The Kier molecular flexibility index (Phi) is 8.09. The second-order valence-electron chi connectivity index (χ2n) is 7.57. The number of aromatic nitrogens is 3. The molecule has 154 valence electrons. The minimum atomic E-state index is 0. The van der Waals surface area contributed by atoms with Gasteiger partial charge in [0.2, 0.25) is 0 Å². The molecule has 1 aliphatic carbocycles. The van der Waals surface area contributed by atoms with E-state index in [0.717, 1.165) is 36.7 Å². The van der Waals surface area contributed by atoms with E-state index in [1.807, 2.05) is 37.2 Å².